The number of nitrogens with one attached hydrogen (secondary N) is 2. The normalized spacial score (nSPS) is 31.6. The fourth-order valence-corrected chi connectivity index (χ4v) is 6.05. The SMILES string of the molecule is CNC12CCCC(CN(Cc3ccc4c(c3)CN(C3CCC(=O)NC3=O)C4=O)C1)C2. The van der Waals surface area contributed by atoms with Gasteiger partial charge >= 0.3 is 0 Å². The highest BCUT2D eigenvalue weighted by molar-refractivity contribution is 6.05. The molecule has 1 saturated carbocycles. The van der Waals surface area contributed by atoms with Crippen LogP contribution in [0, 0.1) is 5.92 Å². The summed E-state index contributed by atoms with van der Waals surface area (Å²) < 4.78 is 0. The van der Waals surface area contributed by atoms with Crippen LogP contribution in [-0.4, -0.2) is 59.2 Å². The van der Waals surface area contributed by atoms with E-state index in [9.17, 15) is 14.4 Å². The van der Waals surface area contributed by atoms with E-state index >= 15 is 0 Å². The van der Waals surface area contributed by atoms with Gasteiger partial charge in [0.15, 0.2) is 0 Å². The molecule has 3 aliphatic heterocycles. The standard InChI is InChI=1S/C23H30N4O3/c1-24-23-8-2-3-16(10-23)12-26(14-23)11-15-4-5-18-17(9-15)13-27(22(18)30)19-6-7-20(28)25-21(19)29/h4-5,9,16,19,24H,2-3,6-8,10-14H2,1H3,(H,25,28,29). The lowest BCUT2D eigenvalue weighted by atomic mass is 9.72. The fourth-order valence-electron chi connectivity index (χ4n) is 6.05. The molecule has 3 atom stereocenters. The van der Waals surface area contributed by atoms with Gasteiger partial charge in [-0.25, -0.2) is 0 Å². The summed E-state index contributed by atoms with van der Waals surface area (Å²) in [6.07, 6.45) is 5.84. The van der Waals surface area contributed by atoms with Crippen molar-refractivity contribution in [3.05, 3.63) is 34.9 Å². The number of piperidine rings is 2. The molecule has 160 valence electrons. The van der Waals surface area contributed by atoms with Crippen molar-refractivity contribution in [3.63, 3.8) is 0 Å². The van der Waals surface area contributed by atoms with Crippen LogP contribution in [0.3, 0.4) is 0 Å². The molecule has 7 heteroatoms. The number of hydrogen-bond acceptors (Lipinski definition) is 5. The van der Waals surface area contributed by atoms with E-state index in [1.807, 2.05) is 6.07 Å². The molecule has 3 amide bonds. The third-order valence-corrected chi connectivity index (χ3v) is 7.51. The monoisotopic (exact) mass is 410 g/mol. The van der Waals surface area contributed by atoms with Crippen LogP contribution in [0.4, 0.5) is 0 Å². The summed E-state index contributed by atoms with van der Waals surface area (Å²) in [6.45, 7) is 3.54. The minimum Gasteiger partial charge on any atom is -0.322 e. The predicted molar refractivity (Wildman–Crippen MR) is 112 cm³/mol. The molecule has 2 N–H and O–H groups in total. The highest BCUT2D eigenvalue weighted by Gasteiger charge is 2.42. The maximum absolute atomic E-state index is 12.9. The molecule has 7 nitrogen and oxygen atoms in total. The molecule has 3 fully saturated rings. The molecule has 30 heavy (non-hydrogen) atoms. The number of likely N-dealkylation sites (tertiary alicyclic amines) is 1. The van der Waals surface area contributed by atoms with Crippen molar-refractivity contribution in [2.45, 2.75) is 63.2 Å². The fraction of sp³-hybridized carbons (Fsp3) is 0.609. The highest BCUT2D eigenvalue weighted by Crippen LogP contribution is 2.38. The zero-order valence-electron chi connectivity index (χ0n) is 17.6. The Morgan fingerprint density at radius 1 is 1.23 bits per heavy atom. The van der Waals surface area contributed by atoms with Crippen LogP contribution in [-0.2, 0) is 22.7 Å². The summed E-state index contributed by atoms with van der Waals surface area (Å²) in [7, 11) is 2.09. The average molecular weight is 411 g/mol. The molecule has 0 spiro atoms. The number of carbonyl (C=O) groups excluding carboxylic acids is 3. The molecular formula is C23H30N4O3. The summed E-state index contributed by atoms with van der Waals surface area (Å²) >= 11 is 0. The number of hydrogen-bond donors (Lipinski definition) is 2. The number of fused-ring (bicyclic) bond motifs is 3. The third-order valence-electron chi connectivity index (χ3n) is 7.51. The lowest BCUT2D eigenvalue weighted by Gasteiger charge is -2.50. The van der Waals surface area contributed by atoms with Crippen LogP contribution >= 0.6 is 0 Å². The quantitative estimate of drug-likeness (QED) is 0.734. The number of likely N-dealkylation sites (N-methyl/N-ethyl adjacent to an activating group) is 1. The Morgan fingerprint density at radius 2 is 2.10 bits per heavy atom. The van der Waals surface area contributed by atoms with Gasteiger partial charge in [-0.3, -0.25) is 24.6 Å². The van der Waals surface area contributed by atoms with E-state index in [1.54, 1.807) is 4.90 Å². The van der Waals surface area contributed by atoms with Gasteiger partial charge in [-0.05, 0) is 55.8 Å². The Morgan fingerprint density at radius 3 is 2.90 bits per heavy atom. The van der Waals surface area contributed by atoms with E-state index in [-0.39, 0.29) is 29.7 Å². The van der Waals surface area contributed by atoms with Gasteiger partial charge in [-0.2, -0.15) is 0 Å². The lowest BCUT2D eigenvalue weighted by molar-refractivity contribution is -0.136. The van der Waals surface area contributed by atoms with Gasteiger partial charge in [0.25, 0.3) is 5.91 Å². The Kier molecular flexibility index (Phi) is 4.90. The van der Waals surface area contributed by atoms with Crippen LogP contribution < -0.4 is 10.6 Å². The van der Waals surface area contributed by atoms with Gasteiger partial charge < -0.3 is 10.2 Å². The van der Waals surface area contributed by atoms with Crippen molar-refractivity contribution in [1.82, 2.24) is 20.4 Å². The maximum atomic E-state index is 12.9. The van der Waals surface area contributed by atoms with E-state index in [0.29, 0.717) is 18.5 Å². The molecule has 0 aromatic heterocycles. The molecule has 2 saturated heterocycles. The van der Waals surface area contributed by atoms with Crippen molar-refractivity contribution in [2.24, 2.45) is 5.92 Å². The van der Waals surface area contributed by atoms with Crippen molar-refractivity contribution >= 4 is 17.7 Å². The summed E-state index contributed by atoms with van der Waals surface area (Å²) in [4.78, 5) is 40.7. The lowest BCUT2D eigenvalue weighted by Crippen LogP contribution is -2.59. The first-order valence-corrected chi connectivity index (χ1v) is 11.1. The first-order chi connectivity index (χ1) is 14.5. The molecule has 3 unspecified atom stereocenters. The molecule has 5 rings (SSSR count). The molecule has 1 aromatic carbocycles. The summed E-state index contributed by atoms with van der Waals surface area (Å²) in [5, 5.41) is 5.97. The van der Waals surface area contributed by atoms with Crippen molar-refractivity contribution in [2.75, 3.05) is 20.1 Å². The van der Waals surface area contributed by atoms with Crippen molar-refractivity contribution in [3.8, 4) is 0 Å². The van der Waals surface area contributed by atoms with Crippen LogP contribution in [0.2, 0.25) is 0 Å². The van der Waals surface area contributed by atoms with E-state index in [0.717, 1.165) is 31.1 Å². The van der Waals surface area contributed by atoms with Gasteiger partial charge in [-0.1, -0.05) is 18.6 Å². The van der Waals surface area contributed by atoms with Crippen molar-refractivity contribution < 1.29 is 14.4 Å². The van der Waals surface area contributed by atoms with E-state index in [1.165, 1.54) is 31.2 Å². The van der Waals surface area contributed by atoms with E-state index in [4.69, 9.17) is 0 Å². The minimum atomic E-state index is -0.553. The topological polar surface area (TPSA) is 81.8 Å². The van der Waals surface area contributed by atoms with Gasteiger partial charge in [0.1, 0.15) is 6.04 Å². The number of benzene rings is 1. The van der Waals surface area contributed by atoms with Gasteiger partial charge in [0, 0.05) is 43.7 Å². The Hall–Kier alpha value is -2.25. The predicted octanol–water partition coefficient (Wildman–Crippen LogP) is 1.41. The zero-order chi connectivity index (χ0) is 20.9. The smallest absolute Gasteiger partial charge is 0.255 e. The Bertz CT molecular complexity index is 900. The van der Waals surface area contributed by atoms with Gasteiger partial charge in [-0.15, -0.1) is 0 Å². The van der Waals surface area contributed by atoms with Crippen molar-refractivity contribution in [1.29, 1.82) is 0 Å². The largest absolute Gasteiger partial charge is 0.322 e. The average Bonchev–Trinajstić information content (AvgIpc) is 3.03. The molecule has 4 aliphatic rings. The first-order valence-electron chi connectivity index (χ1n) is 11.1. The highest BCUT2D eigenvalue weighted by atomic mass is 16.2. The first kappa shape index (κ1) is 19.7. The molecule has 2 bridgehead atoms. The second-order valence-electron chi connectivity index (χ2n) is 9.55. The summed E-state index contributed by atoms with van der Waals surface area (Å²) in [6, 6.07) is 5.55. The maximum Gasteiger partial charge on any atom is 0.255 e. The number of carbonyl (C=O) groups is 3. The summed E-state index contributed by atoms with van der Waals surface area (Å²) in [5.41, 5.74) is 3.14. The Balaban J connectivity index is 1.30. The third kappa shape index (κ3) is 3.44. The van der Waals surface area contributed by atoms with Crippen LogP contribution in [0.25, 0.3) is 0 Å². The number of nitrogens with zero attached hydrogens (tertiary/aromatic N) is 2. The zero-order valence-corrected chi connectivity index (χ0v) is 17.6. The second kappa shape index (κ2) is 7.46. The second-order valence-corrected chi connectivity index (χ2v) is 9.55. The number of rotatable bonds is 4. The molecule has 3 heterocycles. The van der Waals surface area contributed by atoms with Crippen LogP contribution in [0.1, 0.15) is 60.0 Å². The molecule has 0 radical (unpaired) electrons. The molecule has 1 aromatic rings. The number of imide groups is 1. The van der Waals surface area contributed by atoms with Gasteiger partial charge in [0.2, 0.25) is 11.8 Å². The molecular weight excluding hydrogens is 380 g/mol. The van der Waals surface area contributed by atoms with E-state index < -0.39 is 6.04 Å². The minimum absolute atomic E-state index is 0.104. The van der Waals surface area contributed by atoms with Crippen LogP contribution in [0.5, 0.6) is 0 Å². The van der Waals surface area contributed by atoms with Crippen LogP contribution in [0.15, 0.2) is 18.2 Å². The summed E-state index contributed by atoms with van der Waals surface area (Å²) in [5.74, 6) is 0.0462. The number of amides is 3. The molecule has 1 aliphatic carbocycles. The Labute approximate surface area is 177 Å². The van der Waals surface area contributed by atoms with E-state index in [2.05, 4.69) is 34.7 Å². The van der Waals surface area contributed by atoms with Gasteiger partial charge in [0.05, 0.1) is 0 Å².